The third kappa shape index (κ3) is 5.73. The molecule has 0 heterocycles. The minimum atomic E-state index is -0.300. The first kappa shape index (κ1) is 20.7. The van der Waals surface area contributed by atoms with Gasteiger partial charge in [0, 0.05) is 27.0 Å². The summed E-state index contributed by atoms with van der Waals surface area (Å²) in [7, 11) is 0. The van der Waals surface area contributed by atoms with Crippen LogP contribution >= 0.6 is 23.2 Å². The van der Waals surface area contributed by atoms with Crippen LogP contribution in [-0.4, -0.2) is 18.4 Å². The highest BCUT2D eigenvalue weighted by atomic mass is 35.5. The minimum Gasteiger partial charge on any atom is -0.484 e. The fourth-order valence-electron chi connectivity index (χ4n) is 2.52. The molecule has 0 fully saturated rings. The van der Waals surface area contributed by atoms with Crippen molar-refractivity contribution in [1.82, 2.24) is 0 Å². The van der Waals surface area contributed by atoms with Gasteiger partial charge in [0.15, 0.2) is 6.61 Å². The van der Waals surface area contributed by atoms with E-state index >= 15 is 0 Å². The molecule has 0 saturated heterocycles. The van der Waals surface area contributed by atoms with Gasteiger partial charge in [0.1, 0.15) is 5.75 Å². The topological polar surface area (TPSA) is 67.4 Å². The van der Waals surface area contributed by atoms with Crippen molar-refractivity contribution in [3.05, 3.63) is 87.9 Å². The Balaban J connectivity index is 1.54. The van der Waals surface area contributed by atoms with Crippen molar-refractivity contribution in [1.29, 1.82) is 0 Å². The second-order valence-corrected chi connectivity index (χ2v) is 7.08. The maximum absolute atomic E-state index is 12.4. The fourth-order valence-corrected chi connectivity index (χ4v) is 2.82. The first-order valence-electron chi connectivity index (χ1n) is 8.77. The number of carbonyl (C=O) groups excluding carboxylic acids is 2. The van der Waals surface area contributed by atoms with E-state index in [2.05, 4.69) is 10.6 Å². The van der Waals surface area contributed by atoms with Crippen molar-refractivity contribution in [2.45, 2.75) is 6.92 Å². The molecule has 0 atom stereocenters. The molecule has 0 radical (unpaired) electrons. The zero-order chi connectivity index (χ0) is 20.8. The molecule has 29 heavy (non-hydrogen) atoms. The van der Waals surface area contributed by atoms with Crippen molar-refractivity contribution in [2.24, 2.45) is 0 Å². The summed E-state index contributed by atoms with van der Waals surface area (Å²) in [4.78, 5) is 24.4. The zero-order valence-electron chi connectivity index (χ0n) is 15.5. The predicted molar refractivity (Wildman–Crippen MR) is 116 cm³/mol. The van der Waals surface area contributed by atoms with Crippen LogP contribution in [0.3, 0.4) is 0 Å². The van der Waals surface area contributed by atoms with Gasteiger partial charge in [-0.3, -0.25) is 9.59 Å². The summed E-state index contributed by atoms with van der Waals surface area (Å²) in [5.74, 6) is -0.0836. The molecule has 2 N–H and O–H groups in total. The molecule has 0 saturated carbocycles. The molecule has 0 aliphatic carbocycles. The summed E-state index contributed by atoms with van der Waals surface area (Å²) < 4.78 is 5.46. The number of hydrogen-bond donors (Lipinski definition) is 2. The molecule has 5 nitrogen and oxygen atoms in total. The number of ether oxygens (including phenoxy) is 1. The van der Waals surface area contributed by atoms with Crippen molar-refractivity contribution in [2.75, 3.05) is 17.2 Å². The molecule has 148 valence electrons. The maximum atomic E-state index is 12.4. The second-order valence-electron chi connectivity index (χ2n) is 6.23. The molecule has 3 aromatic rings. The molecule has 2 amide bonds. The van der Waals surface area contributed by atoms with Gasteiger partial charge in [-0.1, -0.05) is 29.3 Å². The van der Waals surface area contributed by atoms with E-state index < -0.39 is 0 Å². The summed E-state index contributed by atoms with van der Waals surface area (Å²) >= 11 is 11.9. The lowest BCUT2D eigenvalue weighted by atomic mass is 10.1. The molecule has 0 bridgehead atoms. The van der Waals surface area contributed by atoms with Crippen LogP contribution in [0.25, 0.3) is 0 Å². The number of hydrogen-bond acceptors (Lipinski definition) is 3. The Bertz CT molecular complexity index is 1020. The molecular weight excluding hydrogens is 411 g/mol. The summed E-state index contributed by atoms with van der Waals surface area (Å²) in [6.07, 6.45) is 0. The highest BCUT2D eigenvalue weighted by Gasteiger charge is 2.10. The van der Waals surface area contributed by atoms with Crippen molar-refractivity contribution >= 4 is 46.4 Å². The van der Waals surface area contributed by atoms with E-state index in [1.807, 2.05) is 6.92 Å². The largest absolute Gasteiger partial charge is 0.484 e. The van der Waals surface area contributed by atoms with Crippen molar-refractivity contribution in [3.8, 4) is 5.75 Å². The number of halogens is 2. The highest BCUT2D eigenvalue weighted by molar-refractivity contribution is 6.32. The second kappa shape index (κ2) is 9.45. The van der Waals surface area contributed by atoms with E-state index in [0.717, 1.165) is 5.56 Å². The first-order chi connectivity index (χ1) is 13.9. The van der Waals surface area contributed by atoms with Gasteiger partial charge >= 0.3 is 0 Å². The normalized spacial score (nSPS) is 10.3. The molecule has 7 heteroatoms. The molecule has 0 aliphatic heterocycles. The monoisotopic (exact) mass is 428 g/mol. The Kier molecular flexibility index (Phi) is 6.75. The van der Waals surface area contributed by atoms with E-state index in [1.54, 1.807) is 66.7 Å². The van der Waals surface area contributed by atoms with E-state index in [4.69, 9.17) is 27.9 Å². The van der Waals surface area contributed by atoms with Crippen LogP contribution in [0.1, 0.15) is 15.9 Å². The van der Waals surface area contributed by atoms with Crippen LogP contribution in [0.5, 0.6) is 5.75 Å². The molecular formula is C22H18Cl2N2O3. The summed E-state index contributed by atoms with van der Waals surface area (Å²) in [5, 5.41) is 6.72. The third-order valence-corrected chi connectivity index (χ3v) is 4.79. The quantitative estimate of drug-likeness (QED) is 0.538. The maximum Gasteiger partial charge on any atom is 0.262 e. The van der Waals surface area contributed by atoms with Gasteiger partial charge in [-0.25, -0.2) is 0 Å². The number of rotatable bonds is 6. The first-order valence-corrected chi connectivity index (χ1v) is 9.53. The number of carbonyl (C=O) groups is 2. The Labute approximate surface area is 178 Å². The lowest BCUT2D eigenvalue weighted by molar-refractivity contribution is -0.118. The third-order valence-electron chi connectivity index (χ3n) is 4.13. The Hall–Kier alpha value is -3.02. The molecule has 0 aliphatic rings. The van der Waals surface area contributed by atoms with Crippen LogP contribution in [0, 0.1) is 6.92 Å². The van der Waals surface area contributed by atoms with Crippen LogP contribution < -0.4 is 15.4 Å². The fraction of sp³-hybridized carbons (Fsp3) is 0.0909. The lowest BCUT2D eigenvalue weighted by Crippen LogP contribution is -2.20. The smallest absolute Gasteiger partial charge is 0.262 e. The lowest BCUT2D eigenvalue weighted by Gasteiger charge is -2.10. The average Bonchev–Trinajstić information content (AvgIpc) is 2.72. The van der Waals surface area contributed by atoms with E-state index in [1.165, 1.54) is 0 Å². The van der Waals surface area contributed by atoms with Gasteiger partial charge in [0.05, 0.1) is 0 Å². The Morgan fingerprint density at radius 1 is 0.897 bits per heavy atom. The predicted octanol–water partition coefficient (Wildman–Crippen LogP) is 5.57. The van der Waals surface area contributed by atoms with Crippen LogP contribution in [0.4, 0.5) is 11.4 Å². The Morgan fingerprint density at radius 3 is 2.28 bits per heavy atom. The van der Waals surface area contributed by atoms with Crippen LogP contribution in [0.2, 0.25) is 10.0 Å². The van der Waals surface area contributed by atoms with Gasteiger partial charge in [-0.2, -0.15) is 0 Å². The van der Waals surface area contributed by atoms with Gasteiger partial charge < -0.3 is 15.4 Å². The summed E-state index contributed by atoms with van der Waals surface area (Å²) in [6, 6.07) is 18.6. The molecule has 3 rings (SSSR count). The molecule has 0 aromatic heterocycles. The van der Waals surface area contributed by atoms with Crippen molar-refractivity contribution < 1.29 is 14.3 Å². The average molecular weight is 429 g/mol. The van der Waals surface area contributed by atoms with E-state index in [9.17, 15) is 9.59 Å². The zero-order valence-corrected chi connectivity index (χ0v) is 17.1. The van der Waals surface area contributed by atoms with E-state index in [-0.39, 0.29) is 18.4 Å². The Morgan fingerprint density at radius 2 is 1.59 bits per heavy atom. The number of amides is 2. The SMILES string of the molecule is Cc1c(Cl)cccc1NC(=O)c1ccc(OCC(=O)Nc2ccc(Cl)cc2)cc1. The number of benzene rings is 3. The molecule has 3 aromatic carbocycles. The van der Waals surface area contributed by atoms with Crippen LogP contribution in [0.15, 0.2) is 66.7 Å². The summed E-state index contributed by atoms with van der Waals surface area (Å²) in [5.41, 5.74) is 2.55. The molecule has 0 spiro atoms. The van der Waals surface area contributed by atoms with Gasteiger partial charge in [-0.15, -0.1) is 0 Å². The van der Waals surface area contributed by atoms with Crippen LogP contribution in [-0.2, 0) is 4.79 Å². The number of nitrogens with one attached hydrogen (secondary N) is 2. The highest BCUT2D eigenvalue weighted by Crippen LogP contribution is 2.23. The summed E-state index contributed by atoms with van der Waals surface area (Å²) in [6.45, 7) is 1.68. The van der Waals surface area contributed by atoms with Gasteiger partial charge in [0.2, 0.25) is 0 Å². The van der Waals surface area contributed by atoms with Crippen molar-refractivity contribution in [3.63, 3.8) is 0 Å². The molecule has 0 unspecified atom stereocenters. The minimum absolute atomic E-state index is 0.157. The van der Waals surface area contributed by atoms with Gasteiger partial charge in [0.25, 0.3) is 11.8 Å². The standard InChI is InChI=1S/C22H18Cl2N2O3/c1-14-19(24)3-2-4-20(14)26-22(28)15-5-11-18(12-6-15)29-13-21(27)25-17-9-7-16(23)8-10-17/h2-12H,13H2,1H3,(H,25,27)(H,26,28). The number of anilines is 2. The van der Waals surface area contributed by atoms with E-state index in [0.29, 0.717) is 32.7 Å². The van der Waals surface area contributed by atoms with Gasteiger partial charge in [-0.05, 0) is 73.2 Å².